The van der Waals surface area contributed by atoms with E-state index >= 15 is 0 Å². The Morgan fingerprint density at radius 3 is 1.61 bits per heavy atom. The number of rotatable bonds is 17. The van der Waals surface area contributed by atoms with Crippen LogP contribution < -0.4 is 5.73 Å². The van der Waals surface area contributed by atoms with Gasteiger partial charge in [-0.15, -0.1) is 0 Å². The van der Waals surface area contributed by atoms with Crippen LogP contribution >= 0.6 is 0 Å². The van der Waals surface area contributed by atoms with Gasteiger partial charge in [0.2, 0.25) is 0 Å². The molecule has 0 saturated heterocycles. The fraction of sp³-hybridized carbons (Fsp3) is 0.588. The van der Waals surface area contributed by atoms with Gasteiger partial charge < -0.3 is 24.7 Å². The van der Waals surface area contributed by atoms with Gasteiger partial charge in [0.25, 0.3) is 0 Å². The minimum atomic E-state index is -0.531. The number of hydrogen-bond acceptors (Lipinski definition) is 8. The summed E-state index contributed by atoms with van der Waals surface area (Å²) in [6.45, 7) is 13.4. The summed E-state index contributed by atoms with van der Waals surface area (Å²) in [5.41, 5.74) is 15.8. The van der Waals surface area contributed by atoms with Crippen LogP contribution in [0.3, 0.4) is 0 Å². The Labute approximate surface area is 263 Å². The number of carbonyl (C=O) groups is 2. The highest BCUT2D eigenvalue weighted by Crippen LogP contribution is 2.14. The lowest BCUT2D eigenvalue weighted by atomic mass is 10.1. The summed E-state index contributed by atoms with van der Waals surface area (Å²) in [5, 5.41) is 3.67. The molecule has 10 heteroatoms. The van der Waals surface area contributed by atoms with Gasteiger partial charge in [-0.05, 0) is 83.9 Å². The van der Waals surface area contributed by atoms with E-state index in [-0.39, 0.29) is 30.8 Å². The maximum Gasteiger partial charge on any atom is 0.307 e. The molecule has 0 aromatic heterocycles. The second kappa shape index (κ2) is 21.3. The Balaban J connectivity index is 0.000000442. The highest BCUT2D eigenvalue weighted by molar-refractivity contribution is 5.71. The smallest absolute Gasteiger partial charge is 0.307 e. The standard InChI is InChI=1S/C17H25N3O3.C17H27NO3/c1-17(2,3)23-16(21)12-15(19-20-18)10-7-11-22-13-14-8-5-4-6-9-14;1-17(2,3)21-16(19)12-15(18)10-7-11-20-13-14-8-5-4-6-9-14/h4-6,8-9,15H,7,10-13H2,1-3H3;4-6,8-9,15H,7,10-13,18H2,1-3H3/t2*15-/m00/s1. The van der Waals surface area contributed by atoms with Crippen LogP contribution in [-0.2, 0) is 41.8 Å². The molecular formula is C34H52N4O6. The maximum atomic E-state index is 11.8. The van der Waals surface area contributed by atoms with Gasteiger partial charge in [-0.1, -0.05) is 65.8 Å². The molecule has 0 radical (unpaired) electrons. The average molecular weight is 613 g/mol. The zero-order chi connectivity index (χ0) is 32.8. The number of ether oxygens (including phenoxy) is 4. The predicted molar refractivity (Wildman–Crippen MR) is 172 cm³/mol. The van der Waals surface area contributed by atoms with Crippen molar-refractivity contribution in [1.29, 1.82) is 0 Å². The number of nitrogens with two attached hydrogens (primary N) is 1. The molecule has 2 aromatic carbocycles. The summed E-state index contributed by atoms with van der Waals surface area (Å²) in [5.74, 6) is -0.583. The Morgan fingerprint density at radius 2 is 1.18 bits per heavy atom. The molecule has 0 unspecified atom stereocenters. The first-order valence-corrected chi connectivity index (χ1v) is 15.2. The number of hydrogen-bond donors (Lipinski definition) is 1. The van der Waals surface area contributed by atoms with Crippen LogP contribution in [0.5, 0.6) is 0 Å². The third-order valence-electron chi connectivity index (χ3n) is 5.80. The number of carbonyl (C=O) groups excluding carboxylic acids is 2. The van der Waals surface area contributed by atoms with Gasteiger partial charge in [-0.3, -0.25) is 9.59 Å². The van der Waals surface area contributed by atoms with Crippen molar-refractivity contribution < 1.29 is 28.5 Å². The molecule has 0 aliphatic heterocycles. The molecule has 0 spiro atoms. The summed E-state index contributed by atoms with van der Waals surface area (Å²) in [6, 6.07) is 19.4. The summed E-state index contributed by atoms with van der Waals surface area (Å²) in [7, 11) is 0. The van der Waals surface area contributed by atoms with Gasteiger partial charge in [-0.2, -0.15) is 0 Å². The van der Waals surface area contributed by atoms with Crippen molar-refractivity contribution in [2.24, 2.45) is 10.8 Å². The van der Waals surface area contributed by atoms with E-state index in [1.807, 2.05) is 102 Å². The number of azide groups is 1. The van der Waals surface area contributed by atoms with E-state index in [0.717, 1.165) is 30.4 Å². The summed E-state index contributed by atoms with van der Waals surface area (Å²) < 4.78 is 21.7. The van der Waals surface area contributed by atoms with E-state index in [1.165, 1.54) is 0 Å². The van der Waals surface area contributed by atoms with E-state index in [0.29, 0.717) is 32.8 Å². The molecule has 0 amide bonds. The highest BCUT2D eigenvalue weighted by Gasteiger charge is 2.20. The van der Waals surface area contributed by atoms with Crippen LogP contribution in [0.25, 0.3) is 10.4 Å². The monoisotopic (exact) mass is 612 g/mol. The summed E-state index contributed by atoms with van der Waals surface area (Å²) >= 11 is 0. The van der Waals surface area contributed by atoms with Crippen LogP contribution in [0, 0.1) is 0 Å². The van der Waals surface area contributed by atoms with Crippen LogP contribution in [0.4, 0.5) is 0 Å². The third kappa shape index (κ3) is 22.2. The van der Waals surface area contributed by atoms with Gasteiger partial charge >= 0.3 is 11.9 Å². The van der Waals surface area contributed by atoms with E-state index < -0.39 is 17.2 Å². The summed E-state index contributed by atoms with van der Waals surface area (Å²) in [6.07, 6.45) is 3.28. The molecular weight excluding hydrogens is 560 g/mol. The molecule has 2 rings (SSSR count). The molecule has 2 aromatic rings. The molecule has 244 valence electrons. The minimum absolute atomic E-state index is 0.0972. The van der Waals surface area contributed by atoms with Gasteiger partial charge in [-0.25, -0.2) is 0 Å². The molecule has 10 nitrogen and oxygen atoms in total. The van der Waals surface area contributed by atoms with Crippen molar-refractivity contribution in [3.63, 3.8) is 0 Å². The van der Waals surface area contributed by atoms with Crippen molar-refractivity contribution in [3.8, 4) is 0 Å². The lowest BCUT2D eigenvalue weighted by molar-refractivity contribution is -0.156. The zero-order valence-corrected chi connectivity index (χ0v) is 27.4. The van der Waals surface area contributed by atoms with Crippen molar-refractivity contribution >= 4 is 11.9 Å². The SMILES string of the molecule is CC(C)(C)OC(=O)C[C@@H](N)CCCOCc1ccccc1.CC(C)(C)OC(=O)C[C@H](CCCOCc1ccccc1)N=[N+]=[N-]. The van der Waals surface area contributed by atoms with Gasteiger partial charge in [0.15, 0.2) is 0 Å². The normalized spacial score (nSPS) is 12.6. The van der Waals surface area contributed by atoms with E-state index in [1.54, 1.807) is 0 Å². The number of nitrogens with zero attached hydrogens (tertiary/aromatic N) is 3. The largest absolute Gasteiger partial charge is 0.460 e. The van der Waals surface area contributed by atoms with Crippen molar-refractivity contribution in [2.75, 3.05) is 13.2 Å². The van der Waals surface area contributed by atoms with E-state index in [4.69, 9.17) is 30.2 Å². The second-order valence-corrected chi connectivity index (χ2v) is 12.6. The van der Waals surface area contributed by atoms with Crippen molar-refractivity contribution in [2.45, 2.75) is 117 Å². The molecule has 44 heavy (non-hydrogen) atoms. The second-order valence-electron chi connectivity index (χ2n) is 12.6. The van der Waals surface area contributed by atoms with Crippen LogP contribution in [0.2, 0.25) is 0 Å². The zero-order valence-electron chi connectivity index (χ0n) is 27.4. The van der Waals surface area contributed by atoms with Gasteiger partial charge in [0.05, 0.1) is 26.1 Å². The Kier molecular flexibility index (Phi) is 18.7. The molecule has 0 aliphatic carbocycles. The maximum absolute atomic E-state index is 11.8. The fourth-order valence-electron chi connectivity index (χ4n) is 3.95. The minimum Gasteiger partial charge on any atom is -0.460 e. The van der Waals surface area contributed by atoms with Crippen molar-refractivity contribution in [1.82, 2.24) is 0 Å². The first-order valence-electron chi connectivity index (χ1n) is 15.2. The third-order valence-corrected chi connectivity index (χ3v) is 5.80. The fourth-order valence-corrected chi connectivity index (χ4v) is 3.95. The van der Waals surface area contributed by atoms with Crippen LogP contribution in [-0.4, -0.2) is 48.4 Å². The van der Waals surface area contributed by atoms with Crippen LogP contribution in [0.15, 0.2) is 65.8 Å². The van der Waals surface area contributed by atoms with E-state index in [9.17, 15) is 9.59 Å². The molecule has 0 fully saturated rings. The Morgan fingerprint density at radius 1 is 0.750 bits per heavy atom. The molecule has 0 saturated carbocycles. The Bertz CT molecular complexity index is 1110. The predicted octanol–water partition coefficient (Wildman–Crippen LogP) is 7.44. The van der Waals surface area contributed by atoms with Gasteiger partial charge in [0, 0.05) is 30.2 Å². The van der Waals surface area contributed by atoms with Gasteiger partial charge in [0.1, 0.15) is 11.2 Å². The molecule has 0 bridgehead atoms. The van der Waals surface area contributed by atoms with Crippen molar-refractivity contribution in [3.05, 3.63) is 82.2 Å². The lowest BCUT2D eigenvalue weighted by Crippen LogP contribution is -2.30. The first-order chi connectivity index (χ1) is 20.8. The molecule has 2 N–H and O–H groups in total. The first kappa shape index (κ1) is 38.6. The topological polar surface area (TPSA) is 146 Å². The number of esters is 2. The molecule has 2 atom stereocenters. The summed E-state index contributed by atoms with van der Waals surface area (Å²) in [4.78, 5) is 26.2. The highest BCUT2D eigenvalue weighted by atomic mass is 16.6. The van der Waals surface area contributed by atoms with E-state index in [2.05, 4.69) is 10.0 Å². The molecule has 0 heterocycles. The van der Waals surface area contributed by atoms with Crippen LogP contribution in [0.1, 0.15) is 91.2 Å². The average Bonchev–Trinajstić information content (AvgIpc) is 2.92. The molecule has 0 aliphatic rings. The Hall–Kier alpha value is -3.43. The lowest BCUT2D eigenvalue weighted by Gasteiger charge is -2.20. The quantitative estimate of drug-likeness (QED) is 0.0642. The number of benzene rings is 2.